The van der Waals surface area contributed by atoms with Crippen molar-refractivity contribution in [3.63, 3.8) is 0 Å². The molecule has 142 valence electrons. The van der Waals surface area contributed by atoms with Crippen LogP contribution in [0.4, 0.5) is 0 Å². The van der Waals surface area contributed by atoms with Crippen molar-refractivity contribution in [3.05, 3.63) is 72.1 Å². The Bertz CT molecular complexity index is 737. The summed E-state index contributed by atoms with van der Waals surface area (Å²) >= 11 is 0. The van der Waals surface area contributed by atoms with Crippen LogP contribution in [-0.4, -0.2) is 30.0 Å². The van der Waals surface area contributed by atoms with Crippen LogP contribution in [0.5, 0.6) is 0 Å². The van der Waals surface area contributed by atoms with Crippen molar-refractivity contribution < 1.29 is 0 Å². The Balaban J connectivity index is 1.24. The van der Waals surface area contributed by atoms with Crippen LogP contribution in [0.25, 0.3) is 5.57 Å². The maximum atomic E-state index is 4.21. The van der Waals surface area contributed by atoms with Gasteiger partial charge < -0.3 is 4.90 Å². The fraction of sp³-hybridized carbons (Fsp3) is 0.480. The van der Waals surface area contributed by atoms with Gasteiger partial charge in [-0.05, 0) is 99.2 Å². The van der Waals surface area contributed by atoms with Gasteiger partial charge in [-0.15, -0.1) is 0 Å². The average molecular weight is 361 g/mol. The average Bonchev–Trinajstić information content (AvgIpc) is 2.74. The van der Waals surface area contributed by atoms with Crippen LogP contribution in [0.3, 0.4) is 0 Å². The summed E-state index contributed by atoms with van der Waals surface area (Å²) < 4.78 is 0. The number of nitrogens with zero attached hydrogens (tertiary/aromatic N) is 2. The number of benzene rings is 1. The summed E-state index contributed by atoms with van der Waals surface area (Å²) in [7, 11) is 2.29. The van der Waals surface area contributed by atoms with Crippen molar-refractivity contribution in [1.29, 1.82) is 0 Å². The van der Waals surface area contributed by atoms with Crippen LogP contribution in [-0.2, 0) is 6.42 Å². The van der Waals surface area contributed by atoms with Crippen molar-refractivity contribution in [1.82, 2.24) is 9.88 Å². The zero-order valence-electron chi connectivity index (χ0n) is 16.6. The molecule has 3 atom stereocenters. The molecule has 27 heavy (non-hydrogen) atoms. The van der Waals surface area contributed by atoms with Crippen LogP contribution in [0.15, 0.2) is 60.9 Å². The molecule has 2 nitrogen and oxygen atoms in total. The minimum absolute atomic E-state index is 0.790. The van der Waals surface area contributed by atoms with Gasteiger partial charge in [0.1, 0.15) is 0 Å². The summed E-state index contributed by atoms with van der Waals surface area (Å²) in [5.41, 5.74) is 4.44. The van der Waals surface area contributed by atoms with Gasteiger partial charge in [0.05, 0.1) is 0 Å². The van der Waals surface area contributed by atoms with E-state index in [0.717, 1.165) is 24.2 Å². The Morgan fingerprint density at radius 3 is 2.67 bits per heavy atom. The van der Waals surface area contributed by atoms with E-state index >= 15 is 0 Å². The van der Waals surface area contributed by atoms with Gasteiger partial charge >= 0.3 is 0 Å². The van der Waals surface area contributed by atoms with Crippen molar-refractivity contribution >= 4 is 5.57 Å². The first-order valence-electron chi connectivity index (χ1n) is 10.6. The van der Waals surface area contributed by atoms with Gasteiger partial charge in [-0.25, -0.2) is 0 Å². The second-order valence-corrected chi connectivity index (χ2v) is 8.48. The third kappa shape index (κ3) is 4.68. The molecule has 1 aromatic carbocycles. The van der Waals surface area contributed by atoms with E-state index < -0.39 is 0 Å². The predicted octanol–water partition coefficient (Wildman–Crippen LogP) is 5.47. The lowest BCUT2D eigenvalue weighted by molar-refractivity contribution is 0.191. The highest BCUT2D eigenvalue weighted by molar-refractivity contribution is 5.69. The van der Waals surface area contributed by atoms with Gasteiger partial charge in [-0.1, -0.05) is 42.5 Å². The van der Waals surface area contributed by atoms with Crippen molar-refractivity contribution in [3.8, 4) is 0 Å². The quantitative estimate of drug-likeness (QED) is 0.621. The lowest BCUT2D eigenvalue weighted by Crippen LogP contribution is -2.32. The topological polar surface area (TPSA) is 16.1 Å². The van der Waals surface area contributed by atoms with Gasteiger partial charge in [0.2, 0.25) is 0 Å². The van der Waals surface area contributed by atoms with Gasteiger partial charge in [0, 0.05) is 12.4 Å². The Morgan fingerprint density at radius 2 is 1.93 bits per heavy atom. The van der Waals surface area contributed by atoms with Crippen molar-refractivity contribution in [2.24, 2.45) is 17.8 Å². The van der Waals surface area contributed by atoms with E-state index in [0.29, 0.717) is 0 Å². The van der Waals surface area contributed by atoms with E-state index in [9.17, 15) is 0 Å². The summed E-state index contributed by atoms with van der Waals surface area (Å²) in [5.74, 6) is 2.48. The van der Waals surface area contributed by atoms with E-state index in [1.807, 2.05) is 18.5 Å². The molecule has 1 aromatic heterocycles. The third-order valence-electron chi connectivity index (χ3n) is 6.59. The first kappa shape index (κ1) is 18.4. The SMILES string of the molecule is CN(CCCc1cccnc1)CC[C@H]1C[C@H]2CC[C@H]1C=C2c1ccccc1. The van der Waals surface area contributed by atoms with E-state index in [4.69, 9.17) is 0 Å². The zero-order chi connectivity index (χ0) is 18.5. The van der Waals surface area contributed by atoms with Gasteiger partial charge in [-0.2, -0.15) is 0 Å². The molecule has 1 fully saturated rings. The summed E-state index contributed by atoms with van der Waals surface area (Å²) in [6.45, 7) is 2.41. The summed E-state index contributed by atoms with van der Waals surface area (Å²) in [6.07, 6.45) is 14.4. The minimum Gasteiger partial charge on any atom is -0.306 e. The molecular formula is C25H32N2. The fourth-order valence-corrected chi connectivity index (χ4v) is 5.05. The minimum atomic E-state index is 0.790. The standard InChI is InChI=1S/C25H32N2/c1-27(15-6-8-20-7-5-14-26-19-20)16-13-23-17-24-12-11-22(23)18-25(24)21-9-3-2-4-10-21/h2-5,7,9-10,14,18-19,22-24H,6,8,11-13,15-17H2,1H3/t22-,23-,24+/m0/s1. The highest BCUT2D eigenvalue weighted by Crippen LogP contribution is 2.48. The largest absolute Gasteiger partial charge is 0.306 e. The maximum absolute atomic E-state index is 4.21. The predicted molar refractivity (Wildman–Crippen MR) is 113 cm³/mol. The number of fused-ring (bicyclic) bond motifs is 2. The zero-order valence-corrected chi connectivity index (χ0v) is 16.6. The lowest BCUT2D eigenvalue weighted by atomic mass is 9.63. The molecule has 0 amide bonds. The monoisotopic (exact) mass is 360 g/mol. The molecule has 1 saturated carbocycles. The molecule has 3 aliphatic rings. The summed E-state index contributed by atoms with van der Waals surface area (Å²) in [5, 5.41) is 0. The first-order chi connectivity index (χ1) is 13.3. The third-order valence-corrected chi connectivity index (χ3v) is 6.59. The van der Waals surface area contributed by atoms with Gasteiger partial charge in [0.15, 0.2) is 0 Å². The maximum Gasteiger partial charge on any atom is 0.0299 e. The number of hydrogen-bond donors (Lipinski definition) is 0. The molecule has 1 heterocycles. The molecule has 2 aromatic rings. The summed E-state index contributed by atoms with van der Waals surface area (Å²) in [4.78, 5) is 6.74. The van der Waals surface area contributed by atoms with Crippen molar-refractivity contribution in [2.45, 2.75) is 38.5 Å². The van der Waals surface area contributed by atoms with E-state index in [2.05, 4.69) is 59.4 Å². The molecule has 3 aliphatic carbocycles. The molecule has 2 bridgehead atoms. The van der Waals surface area contributed by atoms with Crippen LogP contribution < -0.4 is 0 Å². The molecule has 0 unspecified atom stereocenters. The second kappa shape index (κ2) is 8.84. The Morgan fingerprint density at radius 1 is 1.04 bits per heavy atom. The van der Waals surface area contributed by atoms with Crippen LogP contribution in [0.1, 0.15) is 43.2 Å². The number of hydrogen-bond acceptors (Lipinski definition) is 2. The van der Waals surface area contributed by atoms with Gasteiger partial charge in [0.25, 0.3) is 0 Å². The molecule has 0 spiro atoms. The highest BCUT2D eigenvalue weighted by Gasteiger charge is 2.36. The Hall–Kier alpha value is -1.93. The van der Waals surface area contributed by atoms with E-state index in [1.54, 1.807) is 5.57 Å². The molecular weight excluding hydrogens is 328 g/mol. The normalized spacial score (nSPS) is 24.2. The molecule has 0 N–H and O–H groups in total. The second-order valence-electron chi connectivity index (χ2n) is 8.48. The van der Waals surface area contributed by atoms with Gasteiger partial charge in [-0.3, -0.25) is 4.98 Å². The first-order valence-corrected chi connectivity index (χ1v) is 10.6. The highest BCUT2D eigenvalue weighted by atomic mass is 15.1. The number of pyridine rings is 1. The smallest absolute Gasteiger partial charge is 0.0299 e. The molecule has 2 heteroatoms. The molecule has 5 rings (SSSR count). The van der Waals surface area contributed by atoms with Crippen LogP contribution >= 0.6 is 0 Å². The van der Waals surface area contributed by atoms with Crippen LogP contribution in [0.2, 0.25) is 0 Å². The molecule has 0 radical (unpaired) electrons. The van der Waals surface area contributed by atoms with Crippen LogP contribution in [0, 0.1) is 17.8 Å². The molecule has 0 saturated heterocycles. The van der Waals surface area contributed by atoms with E-state index in [1.165, 1.54) is 56.3 Å². The fourth-order valence-electron chi connectivity index (χ4n) is 5.05. The number of aromatic nitrogens is 1. The Labute approximate surface area is 164 Å². The lowest BCUT2D eigenvalue weighted by Gasteiger charge is -2.42. The number of rotatable bonds is 8. The van der Waals surface area contributed by atoms with E-state index in [-0.39, 0.29) is 0 Å². The molecule has 0 aliphatic heterocycles. The summed E-state index contributed by atoms with van der Waals surface area (Å²) in [6, 6.07) is 15.3. The number of allylic oxidation sites excluding steroid dienone is 2. The number of aryl methyl sites for hydroxylation is 1. The van der Waals surface area contributed by atoms with Crippen molar-refractivity contribution in [2.75, 3.05) is 20.1 Å². The Kier molecular flexibility index (Phi) is 6.03.